The molecule has 2 aliphatic rings. The van der Waals surface area contributed by atoms with Gasteiger partial charge in [0.2, 0.25) is 0 Å². The molecule has 0 saturated carbocycles. The van der Waals surface area contributed by atoms with Gasteiger partial charge in [0.15, 0.2) is 0 Å². The maximum absolute atomic E-state index is 12.7. The van der Waals surface area contributed by atoms with Crippen molar-refractivity contribution in [3.63, 3.8) is 0 Å². The minimum Gasteiger partial charge on any atom is -0.490 e. The summed E-state index contributed by atoms with van der Waals surface area (Å²) in [6.45, 7) is 9.39. The van der Waals surface area contributed by atoms with Gasteiger partial charge < -0.3 is 24.0 Å². The monoisotopic (exact) mass is 563 g/mol. The normalized spacial score (nSPS) is 18.7. The summed E-state index contributed by atoms with van der Waals surface area (Å²) < 4.78 is 55.4. The Kier molecular flexibility index (Phi) is 9.81. The number of carbonyl (C=O) groups excluding carboxylic acids is 1. The maximum atomic E-state index is 12.7. The van der Waals surface area contributed by atoms with Gasteiger partial charge in [0, 0.05) is 32.3 Å². The number of carbonyl (C=O) groups is 1. The van der Waals surface area contributed by atoms with Crippen LogP contribution in [0.15, 0.2) is 42.7 Å². The van der Waals surface area contributed by atoms with E-state index in [9.17, 15) is 18.0 Å². The zero-order chi connectivity index (χ0) is 28.8. The summed E-state index contributed by atoms with van der Waals surface area (Å²) in [6.07, 6.45) is 3.74. The second-order valence-electron chi connectivity index (χ2n) is 11.6. The smallest absolute Gasteiger partial charge is 0.416 e. The molecule has 1 aromatic heterocycles. The van der Waals surface area contributed by atoms with Gasteiger partial charge in [-0.15, -0.1) is 0 Å². The molecule has 2 fully saturated rings. The topological polar surface area (TPSA) is 64.1 Å². The number of pyridine rings is 1. The van der Waals surface area contributed by atoms with Gasteiger partial charge in [0.05, 0.1) is 36.3 Å². The number of nitrogens with zero attached hydrogens (tertiary/aromatic N) is 3. The largest absolute Gasteiger partial charge is 0.490 e. The molecular formula is C30H40F3N3O4. The summed E-state index contributed by atoms with van der Waals surface area (Å²) >= 11 is 0. The summed E-state index contributed by atoms with van der Waals surface area (Å²) in [5.74, 6) is 1.23. The van der Waals surface area contributed by atoms with E-state index in [1.165, 1.54) is 12.1 Å². The first-order chi connectivity index (χ1) is 19.0. The van der Waals surface area contributed by atoms with E-state index in [1.807, 2.05) is 33.0 Å². The number of hydrogen-bond acceptors (Lipinski definition) is 6. The number of alkyl halides is 3. The number of benzene rings is 1. The first-order valence-corrected chi connectivity index (χ1v) is 14.0. The van der Waals surface area contributed by atoms with Gasteiger partial charge in [-0.25, -0.2) is 4.79 Å². The number of likely N-dealkylation sites (tertiary alicyclic amines) is 1. The molecule has 0 N–H and O–H groups in total. The lowest BCUT2D eigenvalue weighted by Crippen LogP contribution is -2.42. The molecule has 0 aliphatic carbocycles. The number of anilines is 1. The first-order valence-electron chi connectivity index (χ1n) is 14.0. The van der Waals surface area contributed by atoms with Crippen LogP contribution in [0, 0.1) is 5.92 Å². The Hall–Kier alpha value is -3.01. The molecule has 3 heterocycles. The highest BCUT2D eigenvalue weighted by atomic mass is 19.4. The van der Waals surface area contributed by atoms with E-state index in [4.69, 9.17) is 14.2 Å². The van der Waals surface area contributed by atoms with Gasteiger partial charge in [-0.1, -0.05) is 12.1 Å². The van der Waals surface area contributed by atoms with Gasteiger partial charge in [-0.05, 0) is 76.5 Å². The van der Waals surface area contributed by atoms with Gasteiger partial charge in [-0.3, -0.25) is 4.98 Å². The highest BCUT2D eigenvalue weighted by molar-refractivity contribution is 5.69. The predicted molar refractivity (Wildman–Crippen MR) is 146 cm³/mol. The summed E-state index contributed by atoms with van der Waals surface area (Å²) in [6, 6.07) is 7.12. The molecule has 10 heteroatoms. The average molecular weight is 564 g/mol. The Morgan fingerprint density at radius 3 is 2.42 bits per heavy atom. The number of ether oxygens (including phenoxy) is 3. The minimum absolute atomic E-state index is 0.0179. The van der Waals surface area contributed by atoms with Crippen LogP contribution in [-0.4, -0.2) is 60.5 Å². The van der Waals surface area contributed by atoms with Crippen molar-refractivity contribution in [2.45, 2.75) is 77.3 Å². The first kappa shape index (κ1) is 30.0. The van der Waals surface area contributed by atoms with Crippen LogP contribution in [0.3, 0.4) is 0 Å². The molecule has 4 rings (SSSR count). The van der Waals surface area contributed by atoms with Crippen molar-refractivity contribution < 1.29 is 32.2 Å². The lowest BCUT2D eigenvalue weighted by atomic mass is 9.94. The number of amides is 1. The van der Waals surface area contributed by atoms with Gasteiger partial charge in [0.1, 0.15) is 18.0 Å². The molecule has 220 valence electrons. The molecule has 1 atom stereocenters. The van der Waals surface area contributed by atoms with Gasteiger partial charge in [-0.2, -0.15) is 13.2 Å². The Balaban J connectivity index is 1.17. The zero-order valence-corrected chi connectivity index (χ0v) is 23.6. The third-order valence-electron chi connectivity index (χ3n) is 7.35. The van der Waals surface area contributed by atoms with Crippen LogP contribution in [0.1, 0.15) is 64.0 Å². The third kappa shape index (κ3) is 8.74. The molecule has 7 nitrogen and oxygen atoms in total. The molecule has 0 radical (unpaired) electrons. The number of piperidine rings is 1. The molecule has 0 spiro atoms. The van der Waals surface area contributed by atoms with Crippen molar-refractivity contribution in [2.75, 3.05) is 37.7 Å². The lowest BCUT2D eigenvalue weighted by Gasteiger charge is -2.33. The maximum Gasteiger partial charge on any atom is 0.416 e. The molecule has 1 aromatic carbocycles. The number of aromatic nitrogens is 1. The molecule has 2 saturated heterocycles. The fraction of sp³-hybridized carbons (Fsp3) is 0.600. The van der Waals surface area contributed by atoms with E-state index >= 15 is 0 Å². The van der Waals surface area contributed by atoms with Crippen LogP contribution < -0.4 is 9.64 Å². The summed E-state index contributed by atoms with van der Waals surface area (Å²) in [4.78, 5) is 21.0. The molecule has 1 amide bonds. The Bertz CT molecular complexity index is 1100. The Labute approximate surface area is 234 Å². The van der Waals surface area contributed by atoms with E-state index in [2.05, 4.69) is 9.88 Å². The Morgan fingerprint density at radius 1 is 1.02 bits per heavy atom. The van der Waals surface area contributed by atoms with Crippen LogP contribution in [0.5, 0.6) is 5.75 Å². The van der Waals surface area contributed by atoms with Crippen molar-refractivity contribution in [1.29, 1.82) is 0 Å². The molecule has 1 unspecified atom stereocenters. The third-order valence-corrected chi connectivity index (χ3v) is 7.35. The second-order valence-corrected chi connectivity index (χ2v) is 11.6. The minimum atomic E-state index is -4.32. The van der Waals surface area contributed by atoms with Crippen LogP contribution in [0.4, 0.5) is 23.7 Å². The van der Waals surface area contributed by atoms with Crippen molar-refractivity contribution in [3.05, 3.63) is 53.9 Å². The quantitative estimate of drug-likeness (QED) is 0.316. The Morgan fingerprint density at radius 2 is 1.75 bits per heavy atom. The second kappa shape index (κ2) is 13.1. The van der Waals surface area contributed by atoms with Crippen LogP contribution in [-0.2, 0) is 22.3 Å². The van der Waals surface area contributed by atoms with Crippen molar-refractivity contribution >= 4 is 11.8 Å². The SMILES string of the molecule is CC(C)(C)OC(=O)N1CCCC1COc1cncc(N2CCC(CCOCc3ccc(C(F)(F)F)cc3)CC2)c1. The molecule has 40 heavy (non-hydrogen) atoms. The molecular weight excluding hydrogens is 523 g/mol. The van der Waals surface area contributed by atoms with E-state index in [-0.39, 0.29) is 12.1 Å². The van der Waals surface area contributed by atoms with Crippen molar-refractivity contribution in [3.8, 4) is 5.75 Å². The standard InChI is InChI=1S/C30H40F3N3O4/c1-29(2,3)40-28(37)36-13-4-5-25(36)21-39-27-17-26(18-34-19-27)35-14-10-22(11-15-35)12-16-38-20-23-6-8-24(9-7-23)30(31,32)33/h6-9,17-19,22,25H,4-5,10-16,20-21H2,1-3H3. The summed E-state index contributed by atoms with van der Waals surface area (Å²) in [5, 5.41) is 0. The van der Waals surface area contributed by atoms with E-state index in [1.54, 1.807) is 11.1 Å². The predicted octanol–water partition coefficient (Wildman–Crippen LogP) is 6.70. The fourth-order valence-corrected chi connectivity index (χ4v) is 5.13. The molecule has 0 bridgehead atoms. The lowest BCUT2D eigenvalue weighted by molar-refractivity contribution is -0.137. The van der Waals surface area contributed by atoms with E-state index < -0.39 is 17.3 Å². The highest BCUT2D eigenvalue weighted by Crippen LogP contribution is 2.30. The fourth-order valence-electron chi connectivity index (χ4n) is 5.13. The van der Waals surface area contributed by atoms with Crippen LogP contribution in [0.25, 0.3) is 0 Å². The van der Waals surface area contributed by atoms with Crippen LogP contribution in [0.2, 0.25) is 0 Å². The zero-order valence-electron chi connectivity index (χ0n) is 23.6. The van der Waals surface area contributed by atoms with Gasteiger partial charge in [0.25, 0.3) is 0 Å². The summed E-state index contributed by atoms with van der Waals surface area (Å²) in [5.41, 5.74) is 0.584. The van der Waals surface area contributed by atoms with Crippen LogP contribution >= 0.6 is 0 Å². The van der Waals surface area contributed by atoms with Gasteiger partial charge >= 0.3 is 12.3 Å². The molecule has 2 aromatic rings. The average Bonchev–Trinajstić information content (AvgIpc) is 3.38. The van der Waals surface area contributed by atoms with Crippen molar-refractivity contribution in [2.24, 2.45) is 5.92 Å². The highest BCUT2D eigenvalue weighted by Gasteiger charge is 2.33. The summed E-state index contributed by atoms with van der Waals surface area (Å²) in [7, 11) is 0. The van der Waals surface area contributed by atoms with Crippen molar-refractivity contribution in [1.82, 2.24) is 9.88 Å². The number of rotatable bonds is 9. The number of hydrogen-bond donors (Lipinski definition) is 0. The molecule has 2 aliphatic heterocycles. The van der Waals surface area contributed by atoms with E-state index in [0.29, 0.717) is 38.0 Å². The van der Waals surface area contributed by atoms with E-state index in [0.717, 1.165) is 68.6 Å². The number of halogens is 3.